The molecule has 0 radical (unpaired) electrons. The predicted molar refractivity (Wildman–Crippen MR) is 41.8 cm³/mol. The Kier molecular flexibility index (Phi) is 4.60. The van der Waals surface area contributed by atoms with Gasteiger partial charge in [-0.05, 0) is 6.42 Å². The molecule has 0 heterocycles. The average Bonchev–Trinajstić information content (AvgIpc) is 2.15. The van der Waals surface area contributed by atoms with E-state index in [1.807, 2.05) is 0 Å². The Balaban J connectivity index is 5.49. The Bertz CT molecular complexity index is 283. The molecule has 1 N–H and O–H groups in total. The summed E-state index contributed by atoms with van der Waals surface area (Å²) < 4.78 is 112. The first-order valence-electron chi connectivity index (χ1n) is 4.61. The summed E-state index contributed by atoms with van der Waals surface area (Å²) in [6.07, 6.45) is -11.8. The topological polar surface area (TPSA) is 20.2 Å². The molecule has 1 atom stereocenters. The Morgan fingerprint density at radius 3 is 1.56 bits per heavy atom. The average molecular weight is 292 g/mol. The fourth-order valence-corrected chi connectivity index (χ4v) is 1.03. The van der Waals surface area contributed by atoms with E-state index in [2.05, 4.69) is 0 Å². The molecule has 0 aliphatic carbocycles. The van der Waals surface area contributed by atoms with Crippen LogP contribution >= 0.6 is 0 Å². The van der Waals surface area contributed by atoms with Crippen LogP contribution in [0.1, 0.15) is 19.8 Å². The van der Waals surface area contributed by atoms with Gasteiger partial charge in [0, 0.05) is 0 Å². The molecule has 0 aliphatic rings. The SMILES string of the molecule is CCCC(F)C(F)(F)C(F)(F)C(F)(F)C(O)(F)F. The van der Waals surface area contributed by atoms with Crippen molar-refractivity contribution in [3.63, 3.8) is 0 Å². The second-order valence-corrected chi connectivity index (χ2v) is 3.57. The quantitative estimate of drug-likeness (QED) is 0.741. The molecule has 1 unspecified atom stereocenters. The molecule has 10 heteroatoms. The molecular formula is C8H9F9O. The minimum absolute atomic E-state index is 0.395. The summed E-state index contributed by atoms with van der Waals surface area (Å²) in [5, 5.41) is 7.54. The summed E-state index contributed by atoms with van der Waals surface area (Å²) in [5.74, 6) is -19.6. The lowest BCUT2D eigenvalue weighted by atomic mass is 9.97. The largest absolute Gasteiger partial charge is 0.423 e. The summed E-state index contributed by atoms with van der Waals surface area (Å²) in [7, 11) is 0. The fraction of sp³-hybridized carbons (Fsp3) is 1.00. The highest BCUT2D eigenvalue weighted by molar-refractivity contribution is 5.03. The highest BCUT2D eigenvalue weighted by Crippen LogP contribution is 2.53. The number of rotatable bonds is 6. The normalized spacial score (nSPS) is 16.8. The third-order valence-electron chi connectivity index (χ3n) is 2.13. The Labute approximate surface area is 95.6 Å². The molecule has 0 aromatic carbocycles. The van der Waals surface area contributed by atoms with Gasteiger partial charge in [-0.2, -0.15) is 35.1 Å². The number of alkyl halides is 9. The van der Waals surface area contributed by atoms with Crippen molar-refractivity contribution in [3.8, 4) is 0 Å². The molecule has 1 nitrogen and oxygen atoms in total. The molecule has 0 fully saturated rings. The second kappa shape index (κ2) is 4.78. The highest BCUT2D eigenvalue weighted by atomic mass is 19.4. The van der Waals surface area contributed by atoms with Crippen molar-refractivity contribution in [1.29, 1.82) is 0 Å². The van der Waals surface area contributed by atoms with Crippen molar-refractivity contribution in [3.05, 3.63) is 0 Å². The van der Waals surface area contributed by atoms with Gasteiger partial charge in [-0.3, -0.25) is 0 Å². The molecular weight excluding hydrogens is 283 g/mol. The molecule has 0 spiro atoms. The van der Waals surface area contributed by atoms with Gasteiger partial charge >= 0.3 is 23.9 Å². The Hall–Kier alpha value is -0.670. The first-order chi connectivity index (χ1) is 7.73. The van der Waals surface area contributed by atoms with E-state index in [0.29, 0.717) is 0 Å². The van der Waals surface area contributed by atoms with Crippen LogP contribution in [0.3, 0.4) is 0 Å². The molecule has 0 saturated carbocycles. The van der Waals surface area contributed by atoms with Gasteiger partial charge in [-0.25, -0.2) is 4.39 Å². The molecule has 0 aromatic rings. The van der Waals surface area contributed by atoms with Gasteiger partial charge in [0.1, 0.15) is 0 Å². The van der Waals surface area contributed by atoms with Crippen molar-refractivity contribution in [2.45, 2.75) is 49.8 Å². The van der Waals surface area contributed by atoms with Crippen LogP contribution in [-0.4, -0.2) is 35.2 Å². The first-order valence-corrected chi connectivity index (χ1v) is 4.61. The molecule has 0 saturated heterocycles. The Morgan fingerprint density at radius 2 is 1.28 bits per heavy atom. The van der Waals surface area contributed by atoms with Crippen molar-refractivity contribution in [1.82, 2.24) is 0 Å². The van der Waals surface area contributed by atoms with Crippen molar-refractivity contribution >= 4 is 0 Å². The van der Waals surface area contributed by atoms with Gasteiger partial charge in [0.15, 0.2) is 6.17 Å². The highest BCUT2D eigenvalue weighted by Gasteiger charge is 2.82. The van der Waals surface area contributed by atoms with E-state index in [4.69, 9.17) is 5.11 Å². The van der Waals surface area contributed by atoms with Crippen molar-refractivity contribution < 1.29 is 44.6 Å². The minimum atomic E-state index is -6.80. The summed E-state index contributed by atoms with van der Waals surface area (Å²) in [4.78, 5) is 0. The number of hydrogen-bond acceptors (Lipinski definition) is 1. The number of halogens is 9. The summed E-state index contributed by atoms with van der Waals surface area (Å²) >= 11 is 0. The van der Waals surface area contributed by atoms with Gasteiger partial charge < -0.3 is 5.11 Å². The third-order valence-corrected chi connectivity index (χ3v) is 2.13. The minimum Gasteiger partial charge on any atom is -0.331 e. The van der Waals surface area contributed by atoms with Crippen LogP contribution in [-0.2, 0) is 0 Å². The molecule has 0 amide bonds. The molecule has 18 heavy (non-hydrogen) atoms. The third kappa shape index (κ3) is 2.52. The van der Waals surface area contributed by atoms with Crippen LogP contribution in [0.4, 0.5) is 39.5 Å². The zero-order chi connectivity index (χ0) is 15.0. The molecule has 0 aliphatic heterocycles. The van der Waals surface area contributed by atoms with Gasteiger partial charge in [-0.1, -0.05) is 13.3 Å². The molecule has 0 bridgehead atoms. The number of aliphatic hydroxyl groups is 1. The monoisotopic (exact) mass is 292 g/mol. The van der Waals surface area contributed by atoms with E-state index in [1.165, 1.54) is 0 Å². The van der Waals surface area contributed by atoms with Gasteiger partial charge in [0.2, 0.25) is 0 Å². The van der Waals surface area contributed by atoms with Gasteiger partial charge in [0.25, 0.3) is 0 Å². The lowest BCUT2D eigenvalue weighted by molar-refractivity contribution is -0.422. The lowest BCUT2D eigenvalue weighted by Crippen LogP contribution is -2.64. The molecule has 0 rings (SSSR count). The maximum atomic E-state index is 12.8. The maximum Gasteiger partial charge on any atom is 0.423 e. The maximum absolute atomic E-state index is 12.8. The van der Waals surface area contributed by atoms with E-state index in [9.17, 15) is 39.5 Å². The van der Waals surface area contributed by atoms with E-state index in [0.717, 1.165) is 6.92 Å². The molecule has 0 aromatic heterocycles. The van der Waals surface area contributed by atoms with Gasteiger partial charge in [0.05, 0.1) is 0 Å². The van der Waals surface area contributed by atoms with Gasteiger partial charge in [-0.15, -0.1) is 0 Å². The van der Waals surface area contributed by atoms with Crippen LogP contribution in [0.2, 0.25) is 0 Å². The van der Waals surface area contributed by atoms with E-state index in [-0.39, 0.29) is 0 Å². The van der Waals surface area contributed by atoms with Crippen LogP contribution in [0.5, 0.6) is 0 Å². The smallest absolute Gasteiger partial charge is 0.331 e. The first kappa shape index (κ1) is 17.3. The summed E-state index contributed by atoms with van der Waals surface area (Å²) in [5.41, 5.74) is 0. The Morgan fingerprint density at radius 1 is 0.889 bits per heavy atom. The zero-order valence-corrected chi connectivity index (χ0v) is 8.84. The van der Waals surface area contributed by atoms with Crippen LogP contribution in [0, 0.1) is 0 Å². The fourth-order valence-electron chi connectivity index (χ4n) is 1.03. The number of hydrogen-bond donors (Lipinski definition) is 1. The predicted octanol–water partition coefficient (Wildman–Crippen LogP) is 3.62. The van der Waals surface area contributed by atoms with Crippen LogP contribution < -0.4 is 0 Å². The summed E-state index contributed by atoms with van der Waals surface area (Å²) in [6.45, 7) is 1.10. The lowest BCUT2D eigenvalue weighted by Gasteiger charge is -2.35. The van der Waals surface area contributed by atoms with E-state index >= 15 is 0 Å². The summed E-state index contributed by atoms with van der Waals surface area (Å²) in [6, 6.07) is 0. The van der Waals surface area contributed by atoms with Crippen molar-refractivity contribution in [2.75, 3.05) is 0 Å². The van der Waals surface area contributed by atoms with Crippen LogP contribution in [0.15, 0.2) is 0 Å². The second-order valence-electron chi connectivity index (χ2n) is 3.57. The van der Waals surface area contributed by atoms with Crippen molar-refractivity contribution in [2.24, 2.45) is 0 Å². The van der Waals surface area contributed by atoms with E-state index < -0.39 is 42.9 Å². The van der Waals surface area contributed by atoms with Crippen LogP contribution in [0.25, 0.3) is 0 Å². The zero-order valence-electron chi connectivity index (χ0n) is 8.84. The standard InChI is InChI=1S/C8H9F9O/c1-2-3-4(9)5(10,11)6(12,13)7(14,15)8(16,17)18/h4,18H,2-3H2,1H3. The molecule has 110 valence electrons. The van der Waals surface area contributed by atoms with E-state index in [1.54, 1.807) is 0 Å².